The number of furan rings is 1. The van der Waals surface area contributed by atoms with E-state index < -0.39 is 0 Å². The van der Waals surface area contributed by atoms with Crippen LogP contribution < -0.4 is 5.32 Å². The van der Waals surface area contributed by atoms with Gasteiger partial charge in [0.25, 0.3) is 0 Å². The van der Waals surface area contributed by atoms with Gasteiger partial charge in [0.05, 0.1) is 6.54 Å². The quantitative estimate of drug-likeness (QED) is 0.827. The molecular formula is C18H30N2O. The van der Waals surface area contributed by atoms with Crippen molar-refractivity contribution in [3.63, 3.8) is 0 Å². The summed E-state index contributed by atoms with van der Waals surface area (Å²) in [4.78, 5) is 2.69. The summed E-state index contributed by atoms with van der Waals surface area (Å²) in [6.45, 7) is 11.9. The molecule has 0 unspecified atom stereocenters. The lowest BCUT2D eigenvalue weighted by atomic mass is 10.1. The second kappa shape index (κ2) is 5.77. The zero-order valence-electron chi connectivity index (χ0n) is 14.0. The third-order valence-corrected chi connectivity index (χ3v) is 4.49. The van der Waals surface area contributed by atoms with E-state index in [0.29, 0.717) is 0 Å². The molecule has 1 aromatic heterocycles. The van der Waals surface area contributed by atoms with E-state index in [1.807, 2.05) is 0 Å². The highest BCUT2D eigenvalue weighted by Crippen LogP contribution is 2.36. The van der Waals surface area contributed by atoms with Crippen LogP contribution in [0.5, 0.6) is 0 Å². The fourth-order valence-corrected chi connectivity index (χ4v) is 2.82. The maximum atomic E-state index is 5.94. The molecule has 3 rings (SSSR count). The molecule has 1 heterocycles. The Labute approximate surface area is 129 Å². The van der Waals surface area contributed by atoms with Crippen LogP contribution in [-0.2, 0) is 13.1 Å². The summed E-state index contributed by atoms with van der Waals surface area (Å²) in [5.74, 6) is 3.14. The van der Waals surface area contributed by atoms with Crippen molar-refractivity contribution in [2.75, 3.05) is 6.54 Å². The predicted octanol–water partition coefficient (Wildman–Crippen LogP) is 3.85. The van der Waals surface area contributed by atoms with Gasteiger partial charge in [0, 0.05) is 30.2 Å². The zero-order valence-corrected chi connectivity index (χ0v) is 14.0. The van der Waals surface area contributed by atoms with Crippen molar-refractivity contribution in [1.29, 1.82) is 0 Å². The lowest BCUT2D eigenvalue weighted by Gasteiger charge is -2.21. The van der Waals surface area contributed by atoms with Gasteiger partial charge >= 0.3 is 0 Å². The summed E-state index contributed by atoms with van der Waals surface area (Å²) in [6.07, 6.45) is 5.66. The van der Waals surface area contributed by atoms with Crippen LogP contribution in [0.3, 0.4) is 0 Å². The molecule has 0 radical (unpaired) electrons. The summed E-state index contributed by atoms with van der Waals surface area (Å²) in [5, 5.41) is 3.50. The van der Waals surface area contributed by atoms with Crippen molar-refractivity contribution in [2.24, 2.45) is 5.92 Å². The Balaban J connectivity index is 1.60. The second-order valence-corrected chi connectivity index (χ2v) is 8.00. The number of hydrogen-bond donors (Lipinski definition) is 1. The average Bonchev–Trinajstić information content (AvgIpc) is 3.26. The molecule has 0 spiro atoms. The first-order valence-corrected chi connectivity index (χ1v) is 8.48. The summed E-state index contributed by atoms with van der Waals surface area (Å²) in [7, 11) is 0. The minimum Gasteiger partial charge on any atom is -0.465 e. The van der Waals surface area contributed by atoms with E-state index in [1.165, 1.54) is 37.8 Å². The monoisotopic (exact) mass is 290 g/mol. The van der Waals surface area contributed by atoms with Gasteiger partial charge in [-0.2, -0.15) is 0 Å². The fourth-order valence-electron chi connectivity index (χ4n) is 2.82. The molecule has 118 valence electrons. The molecule has 3 heteroatoms. The number of rotatable bonds is 7. The molecule has 0 saturated heterocycles. The maximum Gasteiger partial charge on any atom is 0.118 e. The van der Waals surface area contributed by atoms with Gasteiger partial charge in [-0.25, -0.2) is 0 Å². The molecule has 2 saturated carbocycles. The van der Waals surface area contributed by atoms with Gasteiger partial charge in [-0.3, -0.25) is 4.90 Å². The van der Waals surface area contributed by atoms with E-state index >= 15 is 0 Å². The summed E-state index contributed by atoms with van der Waals surface area (Å²) in [5.41, 5.74) is 1.51. The molecule has 2 aliphatic carbocycles. The Morgan fingerprint density at radius 3 is 2.52 bits per heavy atom. The van der Waals surface area contributed by atoms with Gasteiger partial charge in [-0.05, 0) is 65.4 Å². The van der Waals surface area contributed by atoms with Gasteiger partial charge in [0.2, 0.25) is 0 Å². The van der Waals surface area contributed by atoms with Gasteiger partial charge in [-0.15, -0.1) is 0 Å². The van der Waals surface area contributed by atoms with Crippen LogP contribution in [0.25, 0.3) is 0 Å². The van der Waals surface area contributed by atoms with Crippen LogP contribution >= 0.6 is 0 Å². The van der Waals surface area contributed by atoms with Crippen molar-refractivity contribution in [3.8, 4) is 0 Å². The van der Waals surface area contributed by atoms with Crippen LogP contribution in [0.4, 0.5) is 0 Å². The molecule has 0 aromatic carbocycles. The first-order valence-electron chi connectivity index (χ1n) is 8.48. The zero-order chi connectivity index (χ0) is 15.0. The normalized spacial score (nSPS) is 19.5. The van der Waals surface area contributed by atoms with E-state index in [-0.39, 0.29) is 5.54 Å². The third kappa shape index (κ3) is 4.58. The SMILES string of the molecule is Cc1oc(CNC(C)(C)C)cc1CN(CC1CC1)C1CC1. The molecule has 1 N–H and O–H groups in total. The number of nitrogens with zero attached hydrogens (tertiary/aromatic N) is 1. The van der Waals surface area contributed by atoms with Crippen molar-refractivity contribution in [2.45, 2.75) is 78.0 Å². The molecule has 0 bridgehead atoms. The maximum absolute atomic E-state index is 5.94. The molecule has 1 aromatic rings. The molecular weight excluding hydrogens is 260 g/mol. The Morgan fingerprint density at radius 1 is 1.24 bits per heavy atom. The largest absolute Gasteiger partial charge is 0.465 e. The highest BCUT2D eigenvalue weighted by molar-refractivity contribution is 5.21. The van der Waals surface area contributed by atoms with Gasteiger partial charge < -0.3 is 9.73 Å². The van der Waals surface area contributed by atoms with E-state index in [9.17, 15) is 0 Å². The van der Waals surface area contributed by atoms with E-state index in [2.05, 4.69) is 44.0 Å². The Hall–Kier alpha value is -0.800. The highest BCUT2D eigenvalue weighted by Gasteiger charge is 2.34. The van der Waals surface area contributed by atoms with E-state index in [0.717, 1.165) is 36.6 Å². The standard InChI is InChI=1S/C18H30N2O/c1-13-15(9-17(21-13)10-19-18(2,3)4)12-20(16-7-8-16)11-14-5-6-14/h9,14,16,19H,5-8,10-12H2,1-4H3. The van der Waals surface area contributed by atoms with Gasteiger partial charge in [0.1, 0.15) is 11.5 Å². The van der Waals surface area contributed by atoms with Gasteiger partial charge in [0.15, 0.2) is 0 Å². The van der Waals surface area contributed by atoms with Crippen LogP contribution in [0.15, 0.2) is 10.5 Å². The lowest BCUT2D eigenvalue weighted by Crippen LogP contribution is -2.34. The minimum absolute atomic E-state index is 0.132. The molecule has 2 aliphatic rings. The van der Waals surface area contributed by atoms with Crippen LogP contribution in [0, 0.1) is 12.8 Å². The predicted molar refractivity (Wildman–Crippen MR) is 86.2 cm³/mol. The summed E-state index contributed by atoms with van der Waals surface area (Å²) in [6, 6.07) is 3.10. The molecule has 0 amide bonds. The first kappa shape index (κ1) is 15.1. The topological polar surface area (TPSA) is 28.4 Å². The summed E-state index contributed by atoms with van der Waals surface area (Å²) >= 11 is 0. The smallest absolute Gasteiger partial charge is 0.118 e. The van der Waals surface area contributed by atoms with Crippen LogP contribution in [-0.4, -0.2) is 23.0 Å². The number of hydrogen-bond acceptors (Lipinski definition) is 3. The first-order chi connectivity index (χ1) is 9.90. The number of aryl methyl sites for hydroxylation is 1. The van der Waals surface area contributed by atoms with Crippen molar-refractivity contribution >= 4 is 0 Å². The highest BCUT2D eigenvalue weighted by atomic mass is 16.3. The lowest BCUT2D eigenvalue weighted by molar-refractivity contribution is 0.242. The summed E-state index contributed by atoms with van der Waals surface area (Å²) < 4.78 is 5.94. The molecule has 0 aliphatic heterocycles. The Bertz CT molecular complexity index is 478. The Morgan fingerprint density at radius 2 is 1.95 bits per heavy atom. The third-order valence-electron chi connectivity index (χ3n) is 4.49. The Kier molecular flexibility index (Phi) is 4.15. The minimum atomic E-state index is 0.132. The van der Waals surface area contributed by atoms with Crippen molar-refractivity contribution in [3.05, 3.63) is 23.2 Å². The second-order valence-electron chi connectivity index (χ2n) is 8.00. The van der Waals surface area contributed by atoms with Gasteiger partial charge in [-0.1, -0.05) is 0 Å². The fraction of sp³-hybridized carbons (Fsp3) is 0.778. The molecule has 3 nitrogen and oxygen atoms in total. The molecule has 2 fully saturated rings. The van der Waals surface area contributed by atoms with E-state index in [1.54, 1.807) is 0 Å². The molecule has 0 atom stereocenters. The van der Waals surface area contributed by atoms with Crippen molar-refractivity contribution < 1.29 is 4.42 Å². The van der Waals surface area contributed by atoms with E-state index in [4.69, 9.17) is 4.42 Å². The molecule has 21 heavy (non-hydrogen) atoms. The van der Waals surface area contributed by atoms with Crippen LogP contribution in [0.2, 0.25) is 0 Å². The number of nitrogens with one attached hydrogen (secondary N) is 1. The van der Waals surface area contributed by atoms with Crippen LogP contribution in [0.1, 0.15) is 63.5 Å². The average molecular weight is 290 g/mol. The van der Waals surface area contributed by atoms with Crippen molar-refractivity contribution in [1.82, 2.24) is 10.2 Å².